The molecule has 0 saturated carbocycles. The number of carboxylic acid groups (broad SMARTS) is 1. The molecule has 0 radical (unpaired) electrons. The lowest BCUT2D eigenvalue weighted by Crippen LogP contribution is -2.40. The Morgan fingerprint density at radius 3 is 2.40 bits per heavy atom. The first kappa shape index (κ1) is 24.0. The van der Waals surface area contributed by atoms with E-state index < -0.39 is 39.9 Å². The third kappa shape index (κ3) is 4.73. The van der Waals surface area contributed by atoms with Gasteiger partial charge in [-0.05, 0) is 48.4 Å². The SMILES string of the molecule is CCS(=O)(=O)Nc1ccc(C(C(N)=O)N2c3c(C(=O)O)ccnc3NC2c2ccc(F)cc2)cc1. The van der Waals surface area contributed by atoms with Crippen molar-refractivity contribution in [3.05, 3.63) is 83.3 Å². The number of anilines is 3. The fourth-order valence-corrected chi connectivity index (χ4v) is 4.58. The monoisotopic (exact) mass is 499 g/mol. The third-order valence-corrected chi connectivity index (χ3v) is 6.88. The lowest BCUT2D eigenvalue weighted by Gasteiger charge is -2.34. The van der Waals surface area contributed by atoms with Gasteiger partial charge in [-0.1, -0.05) is 24.3 Å². The summed E-state index contributed by atoms with van der Waals surface area (Å²) >= 11 is 0. The molecule has 5 N–H and O–H groups in total. The first-order chi connectivity index (χ1) is 16.6. The van der Waals surface area contributed by atoms with Crippen molar-refractivity contribution in [3.63, 3.8) is 0 Å². The van der Waals surface area contributed by atoms with E-state index in [1.54, 1.807) is 0 Å². The number of carboxylic acids is 1. The van der Waals surface area contributed by atoms with Crippen LogP contribution in [0.1, 0.15) is 40.6 Å². The van der Waals surface area contributed by atoms with Crippen LogP contribution >= 0.6 is 0 Å². The van der Waals surface area contributed by atoms with E-state index >= 15 is 0 Å². The molecule has 1 aliphatic heterocycles. The molecule has 1 aromatic heterocycles. The molecule has 0 bridgehead atoms. The maximum Gasteiger partial charge on any atom is 0.338 e. The van der Waals surface area contributed by atoms with Crippen molar-refractivity contribution in [3.8, 4) is 0 Å². The van der Waals surface area contributed by atoms with Crippen LogP contribution in [0.5, 0.6) is 0 Å². The fourth-order valence-electron chi connectivity index (χ4n) is 3.94. The zero-order valence-corrected chi connectivity index (χ0v) is 19.3. The van der Waals surface area contributed by atoms with Gasteiger partial charge in [0.05, 0.1) is 17.0 Å². The molecule has 1 aliphatic rings. The molecule has 0 fully saturated rings. The second-order valence-electron chi connectivity index (χ2n) is 7.80. The minimum atomic E-state index is -3.51. The Hall–Kier alpha value is -4.19. The molecule has 12 heteroatoms. The second-order valence-corrected chi connectivity index (χ2v) is 9.81. The molecule has 3 aromatic rings. The van der Waals surface area contributed by atoms with Gasteiger partial charge in [0.2, 0.25) is 15.9 Å². The van der Waals surface area contributed by atoms with Crippen LogP contribution in [0.4, 0.5) is 21.6 Å². The molecule has 0 aliphatic carbocycles. The minimum absolute atomic E-state index is 0.106. The van der Waals surface area contributed by atoms with Gasteiger partial charge in [-0.3, -0.25) is 9.52 Å². The summed E-state index contributed by atoms with van der Waals surface area (Å²) in [4.78, 5) is 30.5. The molecular formula is C23H22FN5O5S. The molecule has 0 saturated heterocycles. The number of carbonyl (C=O) groups is 2. The highest BCUT2D eigenvalue weighted by molar-refractivity contribution is 7.92. The van der Waals surface area contributed by atoms with E-state index in [0.29, 0.717) is 16.8 Å². The molecule has 2 unspecified atom stereocenters. The number of fused-ring (bicyclic) bond motifs is 1. The molecule has 0 spiro atoms. The number of hydrogen-bond acceptors (Lipinski definition) is 7. The maximum atomic E-state index is 13.6. The molecule has 35 heavy (non-hydrogen) atoms. The summed E-state index contributed by atoms with van der Waals surface area (Å²) in [7, 11) is -3.51. The lowest BCUT2D eigenvalue weighted by molar-refractivity contribution is -0.119. The number of aromatic carboxylic acids is 1. The van der Waals surface area contributed by atoms with E-state index in [-0.39, 0.29) is 22.8 Å². The number of nitrogens with one attached hydrogen (secondary N) is 2. The number of aromatic nitrogens is 1. The number of pyridine rings is 1. The summed E-state index contributed by atoms with van der Waals surface area (Å²) in [5.41, 5.74) is 7.07. The number of carbonyl (C=O) groups excluding carboxylic acids is 1. The number of nitrogens with zero attached hydrogens (tertiary/aromatic N) is 2. The van der Waals surface area contributed by atoms with Crippen LogP contribution in [0.15, 0.2) is 60.8 Å². The van der Waals surface area contributed by atoms with Crippen molar-refractivity contribution in [1.29, 1.82) is 0 Å². The van der Waals surface area contributed by atoms with E-state index in [1.807, 2.05) is 0 Å². The second kappa shape index (κ2) is 9.22. The van der Waals surface area contributed by atoms with E-state index in [0.717, 1.165) is 0 Å². The summed E-state index contributed by atoms with van der Waals surface area (Å²) in [6, 6.07) is 11.7. The lowest BCUT2D eigenvalue weighted by atomic mass is 10.0. The zero-order valence-electron chi connectivity index (χ0n) is 18.5. The van der Waals surface area contributed by atoms with Crippen molar-refractivity contribution < 1.29 is 27.5 Å². The third-order valence-electron chi connectivity index (χ3n) is 5.58. The van der Waals surface area contributed by atoms with Crippen molar-refractivity contribution >= 4 is 39.1 Å². The van der Waals surface area contributed by atoms with Gasteiger partial charge in [0.25, 0.3) is 0 Å². The Morgan fingerprint density at radius 2 is 1.83 bits per heavy atom. The van der Waals surface area contributed by atoms with E-state index in [2.05, 4.69) is 15.0 Å². The first-order valence-corrected chi connectivity index (χ1v) is 12.2. The Balaban J connectivity index is 1.84. The van der Waals surface area contributed by atoms with Gasteiger partial charge in [-0.25, -0.2) is 22.6 Å². The highest BCUT2D eigenvalue weighted by Crippen LogP contribution is 2.47. The fraction of sp³-hybridized carbons (Fsp3) is 0.174. The number of primary amides is 1. The van der Waals surface area contributed by atoms with Gasteiger partial charge in [0.15, 0.2) is 5.82 Å². The number of halogens is 1. The van der Waals surface area contributed by atoms with E-state index in [1.165, 1.54) is 72.6 Å². The predicted octanol–water partition coefficient (Wildman–Crippen LogP) is 2.84. The summed E-state index contributed by atoms with van der Waals surface area (Å²) in [6.07, 6.45) is 0.531. The van der Waals surface area contributed by atoms with E-state index in [9.17, 15) is 27.5 Å². The molecule has 2 atom stereocenters. The predicted molar refractivity (Wildman–Crippen MR) is 128 cm³/mol. The molecular weight excluding hydrogens is 477 g/mol. The molecule has 182 valence electrons. The zero-order chi connectivity index (χ0) is 25.3. The van der Waals surface area contributed by atoms with Crippen LogP contribution in [0.25, 0.3) is 0 Å². The molecule has 2 heterocycles. The van der Waals surface area contributed by atoms with Crippen LogP contribution in [0.2, 0.25) is 0 Å². The van der Waals surface area contributed by atoms with Gasteiger partial charge in [-0.15, -0.1) is 0 Å². The largest absolute Gasteiger partial charge is 0.478 e. The molecule has 2 aromatic carbocycles. The number of benzene rings is 2. The van der Waals surface area contributed by atoms with Crippen LogP contribution in [0, 0.1) is 5.82 Å². The number of rotatable bonds is 8. The van der Waals surface area contributed by atoms with Crippen LogP contribution < -0.4 is 20.7 Å². The standard InChI is InChI=1S/C23H22FN5O5S/c1-2-35(33,34)28-16-9-5-13(6-10-16)18(20(25)30)29-19-17(23(31)32)11-12-26-21(19)27-22(29)14-3-7-15(24)8-4-14/h3-12,18,22,28H,2H2,1H3,(H2,25,30)(H,26,27)(H,31,32). The summed E-state index contributed by atoms with van der Waals surface area (Å²) in [5, 5.41) is 12.9. The van der Waals surface area contributed by atoms with Crippen molar-refractivity contribution in [1.82, 2.24) is 4.98 Å². The number of nitrogens with two attached hydrogens (primary N) is 1. The maximum absolute atomic E-state index is 13.6. The highest BCUT2D eigenvalue weighted by Gasteiger charge is 2.41. The summed E-state index contributed by atoms with van der Waals surface area (Å²) < 4.78 is 39.8. The average Bonchev–Trinajstić information content (AvgIpc) is 3.19. The summed E-state index contributed by atoms with van der Waals surface area (Å²) in [5.74, 6) is -2.37. The normalized spacial score (nSPS) is 15.7. The van der Waals surface area contributed by atoms with Gasteiger partial charge < -0.3 is 21.1 Å². The average molecular weight is 500 g/mol. The van der Waals surface area contributed by atoms with Crippen molar-refractivity contribution in [2.75, 3.05) is 20.7 Å². The Labute approximate surface area is 200 Å². The van der Waals surface area contributed by atoms with Crippen LogP contribution in [-0.4, -0.2) is 36.1 Å². The smallest absolute Gasteiger partial charge is 0.338 e. The van der Waals surface area contributed by atoms with Gasteiger partial charge in [0.1, 0.15) is 18.0 Å². The van der Waals surface area contributed by atoms with Crippen LogP contribution in [-0.2, 0) is 14.8 Å². The highest BCUT2D eigenvalue weighted by atomic mass is 32.2. The van der Waals surface area contributed by atoms with Crippen molar-refractivity contribution in [2.24, 2.45) is 5.73 Å². The molecule has 4 rings (SSSR count). The van der Waals surface area contributed by atoms with E-state index in [4.69, 9.17) is 5.73 Å². The first-order valence-electron chi connectivity index (χ1n) is 10.5. The number of hydrogen-bond donors (Lipinski definition) is 4. The van der Waals surface area contributed by atoms with Crippen LogP contribution in [0.3, 0.4) is 0 Å². The number of amides is 1. The van der Waals surface area contributed by atoms with Gasteiger partial charge in [0, 0.05) is 11.9 Å². The molecule has 1 amide bonds. The Morgan fingerprint density at radius 1 is 1.17 bits per heavy atom. The minimum Gasteiger partial charge on any atom is -0.478 e. The van der Waals surface area contributed by atoms with Gasteiger partial charge in [-0.2, -0.15) is 0 Å². The quantitative estimate of drug-likeness (QED) is 0.369. The number of sulfonamides is 1. The summed E-state index contributed by atoms with van der Waals surface area (Å²) in [6.45, 7) is 1.50. The Bertz CT molecular complexity index is 1380. The van der Waals surface area contributed by atoms with Gasteiger partial charge >= 0.3 is 5.97 Å². The Kier molecular flexibility index (Phi) is 6.31. The molecule has 10 nitrogen and oxygen atoms in total. The van der Waals surface area contributed by atoms with Crippen molar-refractivity contribution in [2.45, 2.75) is 19.1 Å². The topological polar surface area (TPSA) is 155 Å².